The van der Waals surface area contributed by atoms with Crippen molar-refractivity contribution in [1.29, 1.82) is 0 Å². The highest BCUT2D eigenvalue weighted by Crippen LogP contribution is 2.35. The molecule has 0 bridgehead atoms. The fourth-order valence-corrected chi connectivity index (χ4v) is 3.20. The van der Waals surface area contributed by atoms with Gasteiger partial charge in [-0.15, -0.1) is 0 Å². The highest BCUT2D eigenvalue weighted by molar-refractivity contribution is 7.51. The third-order valence-corrected chi connectivity index (χ3v) is 4.86. The van der Waals surface area contributed by atoms with Crippen LogP contribution in [0.5, 0.6) is 0 Å². The molecular weight excluding hydrogens is 374 g/mol. The third kappa shape index (κ3) is 35.2. The predicted octanol–water partition coefficient (Wildman–Crippen LogP) is 5.56. The summed E-state index contributed by atoms with van der Waals surface area (Å²) in [6.07, 6.45) is 21.7. The first-order valence-electron chi connectivity index (χ1n) is 9.91. The largest absolute Gasteiger partial charge is 0.326 e. The Morgan fingerprint density at radius 1 is 0.731 bits per heavy atom. The molecule has 0 spiro atoms. The Bertz CT molecular complexity index is 378. The predicted molar refractivity (Wildman–Crippen MR) is 110 cm³/mol. The van der Waals surface area contributed by atoms with E-state index in [4.69, 9.17) is 24.1 Å². The summed E-state index contributed by atoms with van der Waals surface area (Å²) < 4.78 is 19.4. The Hall–Kier alpha value is 0.0400. The summed E-state index contributed by atoms with van der Waals surface area (Å²) in [4.78, 5) is 31.8. The maximum Gasteiger partial charge on any atom is 0.325 e. The Labute approximate surface area is 160 Å². The summed E-state index contributed by atoms with van der Waals surface area (Å²) in [5, 5.41) is 0. The molecule has 0 atom stereocenters. The average Bonchev–Trinajstić information content (AvgIpc) is 2.53. The van der Waals surface area contributed by atoms with Gasteiger partial charge in [0.25, 0.3) is 0 Å². The van der Waals surface area contributed by atoms with E-state index >= 15 is 0 Å². The topological polar surface area (TPSA) is 115 Å². The van der Waals surface area contributed by atoms with Gasteiger partial charge in [-0.3, -0.25) is 9.13 Å². The van der Waals surface area contributed by atoms with E-state index in [9.17, 15) is 4.57 Å². The van der Waals surface area contributed by atoms with E-state index in [0.29, 0.717) is 6.42 Å². The first kappa shape index (κ1) is 28.3. The van der Waals surface area contributed by atoms with Gasteiger partial charge in [0.1, 0.15) is 0 Å². The summed E-state index contributed by atoms with van der Waals surface area (Å²) in [6.45, 7) is 2.26. The number of unbranched alkanes of at least 4 members (excludes halogenated alkanes) is 12. The lowest BCUT2D eigenvalue weighted by atomic mass is 10.1. The van der Waals surface area contributed by atoms with Crippen molar-refractivity contribution >= 4 is 15.9 Å². The number of rotatable bonds is 16. The van der Waals surface area contributed by atoms with Crippen LogP contribution in [0.1, 0.15) is 96.8 Å². The molecule has 0 aliphatic carbocycles. The second-order valence-corrected chi connectivity index (χ2v) is 8.95. The minimum Gasteiger partial charge on any atom is -0.326 e. The smallest absolute Gasteiger partial charge is 0.325 e. The van der Waals surface area contributed by atoms with Gasteiger partial charge in [-0.1, -0.05) is 76.9 Å². The monoisotopic (exact) mass is 414 g/mol. The summed E-state index contributed by atoms with van der Waals surface area (Å²) in [6, 6.07) is 0. The van der Waals surface area contributed by atoms with Crippen LogP contribution >= 0.6 is 15.9 Å². The molecule has 0 unspecified atom stereocenters. The van der Waals surface area contributed by atoms with Crippen molar-refractivity contribution in [2.75, 3.05) is 6.16 Å². The molecule has 0 radical (unpaired) electrons. The SMILES string of the molecule is CCCCCCCC/C=C\CCCCCCCCP(=O)(O)O.O=[PH](O)O. The highest BCUT2D eigenvalue weighted by atomic mass is 31.2. The van der Waals surface area contributed by atoms with Crippen LogP contribution in [0.2, 0.25) is 0 Å². The van der Waals surface area contributed by atoms with Crippen LogP contribution in [0.25, 0.3) is 0 Å². The first-order chi connectivity index (χ1) is 12.3. The first-order valence-corrected chi connectivity index (χ1v) is 13.0. The zero-order chi connectivity index (χ0) is 20.1. The lowest BCUT2D eigenvalue weighted by Gasteiger charge is -2.03. The lowest BCUT2D eigenvalue weighted by Crippen LogP contribution is -1.88. The van der Waals surface area contributed by atoms with Crippen molar-refractivity contribution in [3.63, 3.8) is 0 Å². The zero-order valence-electron chi connectivity index (χ0n) is 16.3. The molecule has 0 saturated carbocycles. The van der Waals surface area contributed by atoms with E-state index in [1.807, 2.05) is 0 Å². The molecule has 0 heterocycles. The van der Waals surface area contributed by atoms with Crippen molar-refractivity contribution in [2.24, 2.45) is 0 Å². The third-order valence-electron chi connectivity index (χ3n) is 3.96. The molecule has 8 heteroatoms. The Morgan fingerprint density at radius 3 is 1.46 bits per heavy atom. The van der Waals surface area contributed by atoms with Crippen LogP contribution in [0.4, 0.5) is 0 Å². The van der Waals surface area contributed by atoms with Crippen LogP contribution in [-0.2, 0) is 9.13 Å². The minimum atomic E-state index is -3.76. The average molecular weight is 414 g/mol. The van der Waals surface area contributed by atoms with Crippen molar-refractivity contribution in [3.8, 4) is 0 Å². The fraction of sp³-hybridized carbons (Fsp3) is 0.889. The van der Waals surface area contributed by atoms with Crippen molar-refractivity contribution < 1.29 is 28.7 Å². The Morgan fingerprint density at radius 2 is 1.08 bits per heavy atom. The van der Waals surface area contributed by atoms with E-state index in [1.165, 1.54) is 70.6 Å². The van der Waals surface area contributed by atoms with Crippen LogP contribution in [0.3, 0.4) is 0 Å². The van der Waals surface area contributed by atoms with E-state index in [1.54, 1.807) is 0 Å². The van der Waals surface area contributed by atoms with Gasteiger partial charge in [0.05, 0.1) is 0 Å². The lowest BCUT2D eigenvalue weighted by molar-refractivity contribution is 0.370. The van der Waals surface area contributed by atoms with Crippen molar-refractivity contribution in [2.45, 2.75) is 96.8 Å². The molecule has 4 N–H and O–H groups in total. The van der Waals surface area contributed by atoms with E-state index < -0.39 is 15.9 Å². The quantitative estimate of drug-likeness (QED) is 0.149. The molecule has 0 amide bonds. The fourth-order valence-electron chi connectivity index (χ4n) is 2.57. The molecule has 6 nitrogen and oxygen atoms in total. The molecular formula is C18H40O6P2. The van der Waals surface area contributed by atoms with Gasteiger partial charge >= 0.3 is 15.9 Å². The molecule has 0 rings (SSSR count). The Kier molecular flexibility index (Phi) is 23.2. The molecule has 0 aromatic carbocycles. The summed E-state index contributed by atoms with van der Waals surface area (Å²) in [7, 11) is -6.89. The van der Waals surface area contributed by atoms with Gasteiger partial charge in [0.15, 0.2) is 0 Å². The molecule has 0 aromatic rings. The van der Waals surface area contributed by atoms with Gasteiger partial charge in [0, 0.05) is 6.16 Å². The van der Waals surface area contributed by atoms with Crippen LogP contribution < -0.4 is 0 Å². The van der Waals surface area contributed by atoms with Gasteiger partial charge in [-0.2, -0.15) is 0 Å². The molecule has 158 valence electrons. The maximum atomic E-state index is 10.7. The van der Waals surface area contributed by atoms with Crippen molar-refractivity contribution in [3.05, 3.63) is 12.2 Å². The van der Waals surface area contributed by atoms with Crippen LogP contribution in [0.15, 0.2) is 12.2 Å². The zero-order valence-corrected chi connectivity index (χ0v) is 18.2. The molecule has 0 aliphatic heterocycles. The molecule has 26 heavy (non-hydrogen) atoms. The Balaban J connectivity index is 0. The van der Waals surface area contributed by atoms with E-state index in [-0.39, 0.29) is 6.16 Å². The molecule has 0 aromatic heterocycles. The molecule has 0 aliphatic rings. The molecule has 0 fully saturated rings. The number of allylic oxidation sites excluding steroid dienone is 2. The maximum absolute atomic E-state index is 10.7. The normalized spacial score (nSPS) is 11.8. The van der Waals surface area contributed by atoms with Crippen LogP contribution in [-0.4, -0.2) is 25.7 Å². The van der Waals surface area contributed by atoms with E-state index in [0.717, 1.165) is 12.8 Å². The van der Waals surface area contributed by atoms with Gasteiger partial charge in [0.2, 0.25) is 0 Å². The highest BCUT2D eigenvalue weighted by Gasteiger charge is 2.10. The van der Waals surface area contributed by atoms with Gasteiger partial charge in [-0.25, -0.2) is 0 Å². The number of hydrogen-bond donors (Lipinski definition) is 4. The second kappa shape index (κ2) is 21.3. The van der Waals surface area contributed by atoms with Gasteiger partial charge < -0.3 is 19.6 Å². The minimum absolute atomic E-state index is 0.0498. The van der Waals surface area contributed by atoms with Crippen molar-refractivity contribution in [1.82, 2.24) is 0 Å². The summed E-state index contributed by atoms with van der Waals surface area (Å²) in [5.41, 5.74) is 0. The standard InChI is InChI=1S/C18H37O3P.H3O3P/c1-2-3-4-5-6-7-8-9-10-11-12-13-14-15-16-17-18-22(19,20)21;1-4(2)3/h9-10H,2-8,11-18H2,1H3,(H2,19,20,21);4H,(H2,1,2,3)/b10-9-;. The van der Waals surface area contributed by atoms with Crippen LogP contribution in [0, 0.1) is 0 Å². The van der Waals surface area contributed by atoms with E-state index in [2.05, 4.69) is 19.1 Å². The molecule has 0 saturated heterocycles. The summed E-state index contributed by atoms with van der Waals surface area (Å²) >= 11 is 0. The van der Waals surface area contributed by atoms with Gasteiger partial charge in [-0.05, 0) is 32.1 Å². The number of hydrogen-bond acceptors (Lipinski definition) is 2. The summed E-state index contributed by atoms with van der Waals surface area (Å²) in [5.74, 6) is 0. The second-order valence-electron chi connectivity index (χ2n) is 6.61.